The first-order valence-electron chi connectivity index (χ1n) is 6.45. The molecule has 2 aliphatic heterocycles. The number of Topliss-reactive ketones (excluding diaryl/α,β-unsaturated/α-hetero) is 1. The third-order valence-corrected chi connectivity index (χ3v) is 3.31. The summed E-state index contributed by atoms with van der Waals surface area (Å²) in [6.07, 6.45) is 1.84. The lowest BCUT2D eigenvalue weighted by molar-refractivity contribution is -0.0262. The summed E-state index contributed by atoms with van der Waals surface area (Å²) in [6, 6.07) is 5.20. The fourth-order valence-electron chi connectivity index (χ4n) is 2.19. The Kier molecular flexibility index (Phi) is 3.66. The van der Waals surface area contributed by atoms with Crippen LogP contribution in [-0.2, 0) is 9.47 Å². The van der Waals surface area contributed by atoms with Crippen molar-refractivity contribution in [2.24, 2.45) is 0 Å². The summed E-state index contributed by atoms with van der Waals surface area (Å²) in [4.78, 5) is 12.0. The van der Waals surface area contributed by atoms with Gasteiger partial charge in [0.2, 0.25) is 6.79 Å². The lowest BCUT2D eigenvalue weighted by Crippen LogP contribution is -2.25. The lowest BCUT2D eigenvalue weighted by Gasteiger charge is -2.21. The van der Waals surface area contributed by atoms with Crippen LogP contribution in [-0.4, -0.2) is 38.5 Å². The average molecular weight is 264 g/mol. The second-order valence-corrected chi connectivity index (χ2v) is 4.61. The number of benzene rings is 1. The molecule has 1 fully saturated rings. The van der Waals surface area contributed by atoms with Crippen molar-refractivity contribution in [2.75, 3.05) is 26.6 Å². The van der Waals surface area contributed by atoms with Gasteiger partial charge in [-0.1, -0.05) is 0 Å². The molecule has 0 aromatic heterocycles. The van der Waals surface area contributed by atoms with E-state index in [0.717, 1.165) is 12.8 Å². The Hall–Kier alpha value is -1.59. The van der Waals surface area contributed by atoms with E-state index in [4.69, 9.17) is 18.9 Å². The quantitative estimate of drug-likeness (QED) is 0.776. The minimum atomic E-state index is -0.0372. The van der Waals surface area contributed by atoms with Crippen LogP contribution in [0.25, 0.3) is 0 Å². The second kappa shape index (κ2) is 5.59. The summed E-state index contributed by atoms with van der Waals surface area (Å²) >= 11 is 0. The fraction of sp³-hybridized carbons (Fsp3) is 0.500. The minimum Gasteiger partial charge on any atom is -0.454 e. The molecular weight excluding hydrogens is 248 g/mol. The molecule has 0 saturated carbocycles. The van der Waals surface area contributed by atoms with E-state index in [1.807, 2.05) is 0 Å². The predicted molar refractivity (Wildman–Crippen MR) is 66.7 cm³/mol. The van der Waals surface area contributed by atoms with Gasteiger partial charge in [0.05, 0.1) is 6.10 Å². The molecule has 1 aromatic rings. The molecule has 0 bridgehead atoms. The van der Waals surface area contributed by atoms with Crippen LogP contribution < -0.4 is 9.47 Å². The number of rotatable bonds is 4. The van der Waals surface area contributed by atoms with Gasteiger partial charge in [-0.3, -0.25) is 4.79 Å². The van der Waals surface area contributed by atoms with Crippen molar-refractivity contribution in [1.82, 2.24) is 0 Å². The van der Waals surface area contributed by atoms with Crippen LogP contribution in [0.4, 0.5) is 0 Å². The summed E-state index contributed by atoms with van der Waals surface area (Å²) in [7, 11) is 0. The number of fused-ring (bicyclic) bond motifs is 1. The molecule has 2 heterocycles. The highest BCUT2D eigenvalue weighted by molar-refractivity contribution is 5.97. The second-order valence-electron chi connectivity index (χ2n) is 4.61. The predicted octanol–water partition coefficient (Wildman–Crippen LogP) is 1.79. The van der Waals surface area contributed by atoms with E-state index in [1.165, 1.54) is 0 Å². The monoisotopic (exact) mass is 264 g/mol. The van der Waals surface area contributed by atoms with Crippen molar-refractivity contribution in [2.45, 2.75) is 18.9 Å². The molecular formula is C14H16O5. The fourth-order valence-corrected chi connectivity index (χ4v) is 2.19. The Morgan fingerprint density at radius 2 is 2.00 bits per heavy atom. The van der Waals surface area contributed by atoms with Crippen LogP contribution in [0, 0.1) is 0 Å². The van der Waals surface area contributed by atoms with Gasteiger partial charge in [0.25, 0.3) is 0 Å². The Morgan fingerprint density at radius 3 is 2.84 bits per heavy atom. The average Bonchev–Trinajstić information content (AvgIpc) is 2.93. The first-order valence-corrected chi connectivity index (χ1v) is 6.45. The van der Waals surface area contributed by atoms with Crippen molar-refractivity contribution in [3.8, 4) is 11.5 Å². The summed E-state index contributed by atoms with van der Waals surface area (Å²) in [5.41, 5.74) is 0.594. The number of ketones is 1. The number of carbonyl (C=O) groups is 1. The largest absolute Gasteiger partial charge is 0.454 e. The van der Waals surface area contributed by atoms with Crippen molar-refractivity contribution in [3.05, 3.63) is 23.8 Å². The maximum absolute atomic E-state index is 12.0. The Labute approximate surface area is 111 Å². The van der Waals surface area contributed by atoms with E-state index in [0.29, 0.717) is 30.3 Å². The van der Waals surface area contributed by atoms with Gasteiger partial charge in [0, 0.05) is 18.8 Å². The Bertz CT molecular complexity index is 465. The van der Waals surface area contributed by atoms with Gasteiger partial charge >= 0.3 is 0 Å². The van der Waals surface area contributed by atoms with E-state index >= 15 is 0 Å². The molecule has 0 N–H and O–H groups in total. The van der Waals surface area contributed by atoms with Crippen LogP contribution in [0.3, 0.4) is 0 Å². The van der Waals surface area contributed by atoms with Crippen LogP contribution in [0.2, 0.25) is 0 Å². The first kappa shape index (κ1) is 12.4. The van der Waals surface area contributed by atoms with Crippen molar-refractivity contribution in [3.63, 3.8) is 0 Å². The third kappa shape index (κ3) is 2.88. The Morgan fingerprint density at radius 1 is 1.21 bits per heavy atom. The highest BCUT2D eigenvalue weighted by Crippen LogP contribution is 2.32. The minimum absolute atomic E-state index is 0.0372. The van der Waals surface area contributed by atoms with Gasteiger partial charge in [0.15, 0.2) is 17.3 Å². The molecule has 1 saturated heterocycles. The van der Waals surface area contributed by atoms with E-state index < -0.39 is 0 Å². The van der Waals surface area contributed by atoms with Gasteiger partial charge in [-0.2, -0.15) is 0 Å². The van der Waals surface area contributed by atoms with E-state index in [9.17, 15) is 4.79 Å². The molecule has 0 aliphatic carbocycles. The molecule has 5 nitrogen and oxygen atoms in total. The molecule has 0 atom stereocenters. The normalized spacial score (nSPS) is 18.5. The molecule has 102 valence electrons. The van der Waals surface area contributed by atoms with Gasteiger partial charge in [-0.15, -0.1) is 0 Å². The van der Waals surface area contributed by atoms with E-state index in [-0.39, 0.29) is 25.3 Å². The summed E-state index contributed by atoms with van der Waals surface area (Å²) in [5, 5.41) is 0. The zero-order valence-corrected chi connectivity index (χ0v) is 10.6. The molecule has 1 aromatic carbocycles. The van der Waals surface area contributed by atoms with Crippen LogP contribution >= 0.6 is 0 Å². The van der Waals surface area contributed by atoms with Crippen LogP contribution in [0.15, 0.2) is 18.2 Å². The molecule has 0 amide bonds. The molecule has 5 heteroatoms. The van der Waals surface area contributed by atoms with Crippen molar-refractivity contribution < 1.29 is 23.7 Å². The lowest BCUT2D eigenvalue weighted by atomic mass is 10.1. The van der Waals surface area contributed by atoms with Gasteiger partial charge in [0.1, 0.15) is 6.61 Å². The van der Waals surface area contributed by atoms with E-state index in [2.05, 4.69) is 0 Å². The van der Waals surface area contributed by atoms with Gasteiger partial charge in [-0.05, 0) is 31.0 Å². The standard InChI is InChI=1S/C14H16O5/c15-12(8-17-11-3-5-16-6-4-11)10-1-2-13-14(7-10)19-9-18-13/h1-2,7,11H,3-6,8-9H2. The third-order valence-electron chi connectivity index (χ3n) is 3.31. The maximum Gasteiger partial charge on any atom is 0.231 e. The van der Waals surface area contributed by atoms with E-state index in [1.54, 1.807) is 18.2 Å². The number of hydrogen-bond donors (Lipinski definition) is 0. The zero-order chi connectivity index (χ0) is 13.1. The molecule has 0 radical (unpaired) electrons. The number of hydrogen-bond acceptors (Lipinski definition) is 5. The van der Waals surface area contributed by atoms with Crippen LogP contribution in [0.5, 0.6) is 11.5 Å². The smallest absolute Gasteiger partial charge is 0.231 e. The Balaban J connectivity index is 1.57. The zero-order valence-electron chi connectivity index (χ0n) is 10.6. The highest BCUT2D eigenvalue weighted by atomic mass is 16.7. The topological polar surface area (TPSA) is 54.0 Å². The SMILES string of the molecule is O=C(COC1CCOCC1)c1ccc2c(c1)OCO2. The van der Waals surface area contributed by atoms with Gasteiger partial charge < -0.3 is 18.9 Å². The molecule has 19 heavy (non-hydrogen) atoms. The molecule has 0 spiro atoms. The highest BCUT2D eigenvalue weighted by Gasteiger charge is 2.19. The molecule has 3 rings (SSSR count). The summed E-state index contributed by atoms with van der Waals surface area (Å²) < 4.78 is 21.3. The number of ether oxygens (including phenoxy) is 4. The van der Waals surface area contributed by atoms with Gasteiger partial charge in [-0.25, -0.2) is 0 Å². The maximum atomic E-state index is 12.0. The molecule has 2 aliphatic rings. The van der Waals surface area contributed by atoms with Crippen molar-refractivity contribution >= 4 is 5.78 Å². The number of carbonyl (C=O) groups excluding carboxylic acids is 1. The summed E-state index contributed by atoms with van der Waals surface area (Å²) in [6.45, 7) is 1.74. The summed E-state index contributed by atoms with van der Waals surface area (Å²) in [5.74, 6) is 1.27. The van der Waals surface area contributed by atoms with Crippen LogP contribution in [0.1, 0.15) is 23.2 Å². The first-order chi connectivity index (χ1) is 9.33. The van der Waals surface area contributed by atoms with Crippen molar-refractivity contribution in [1.29, 1.82) is 0 Å². The molecule has 0 unspecified atom stereocenters.